The number of hydrogen-bond donors (Lipinski definition) is 1. The number of hydrogen-bond acceptors (Lipinski definition) is 3. The fourth-order valence-corrected chi connectivity index (χ4v) is 2.37. The fourth-order valence-electron chi connectivity index (χ4n) is 1.98. The quantitative estimate of drug-likeness (QED) is 0.845. The van der Waals surface area contributed by atoms with Crippen molar-refractivity contribution in [3.8, 4) is 16.9 Å². The third-order valence-corrected chi connectivity index (χ3v) is 3.33. The van der Waals surface area contributed by atoms with Crippen molar-refractivity contribution in [2.45, 2.75) is 18.7 Å². The monoisotopic (exact) mass is 261 g/mol. The van der Waals surface area contributed by atoms with Crippen LogP contribution in [-0.2, 0) is 11.1 Å². The van der Waals surface area contributed by atoms with Crippen LogP contribution in [0.1, 0.15) is 11.1 Å². The van der Waals surface area contributed by atoms with Gasteiger partial charge in [-0.05, 0) is 48.7 Å². The van der Waals surface area contributed by atoms with Gasteiger partial charge >= 0.3 is 0 Å². The summed E-state index contributed by atoms with van der Waals surface area (Å²) in [5.41, 5.74) is 3.48. The summed E-state index contributed by atoms with van der Waals surface area (Å²) >= 11 is -2.29. The number of phenols is 1. The van der Waals surface area contributed by atoms with Crippen molar-refractivity contribution in [3.63, 3.8) is 0 Å². The maximum absolute atomic E-state index is 10.9. The average molecular weight is 261 g/mol. The molecule has 0 heterocycles. The molecule has 0 aliphatic heterocycles. The van der Waals surface area contributed by atoms with Crippen LogP contribution in [0, 0.1) is 13.8 Å². The Morgan fingerprint density at radius 3 is 2.22 bits per heavy atom. The Labute approximate surface area is 108 Å². The summed E-state index contributed by atoms with van der Waals surface area (Å²) in [7, 11) is 0. The van der Waals surface area contributed by atoms with Gasteiger partial charge in [-0.15, -0.1) is 0 Å². The highest BCUT2D eigenvalue weighted by atomic mass is 32.2. The Hall–Kier alpha value is -1.65. The number of rotatable bonds is 2. The van der Waals surface area contributed by atoms with E-state index in [1.807, 2.05) is 32.0 Å². The van der Waals surface area contributed by atoms with E-state index in [4.69, 9.17) is 0 Å². The van der Waals surface area contributed by atoms with E-state index in [1.54, 1.807) is 0 Å². The van der Waals surface area contributed by atoms with Crippen LogP contribution >= 0.6 is 0 Å². The van der Waals surface area contributed by atoms with Gasteiger partial charge in [-0.2, -0.15) is 0 Å². The zero-order chi connectivity index (χ0) is 13.3. The summed E-state index contributed by atoms with van der Waals surface area (Å²) in [6.45, 7) is 3.92. The molecule has 1 unspecified atom stereocenters. The molecular formula is C14H13O3S-. The normalized spacial score (nSPS) is 12.4. The zero-order valence-electron chi connectivity index (χ0n) is 10.1. The first-order valence-electron chi connectivity index (χ1n) is 5.48. The molecule has 4 heteroatoms. The molecule has 0 radical (unpaired) electrons. The van der Waals surface area contributed by atoms with Crippen LogP contribution in [-0.4, -0.2) is 13.9 Å². The van der Waals surface area contributed by atoms with Crippen molar-refractivity contribution in [2.75, 3.05) is 0 Å². The Morgan fingerprint density at radius 1 is 1.06 bits per heavy atom. The molecule has 2 rings (SSSR count). The van der Waals surface area contributed by atoms with E-state index in [-0.39, 0.29) is 10.6 Å². The minimum atomic E-state index is -2.29. The minimum Gasteiger partial charge on any atom is -0.768 e. The van der Waals surface area contributed by atoms with Crippen LogP contribution < -0.4 is 0 Å². The molecule has 0 bridgehead atoms. The van der Waals surface area contributed by atoms with Crippen LogP contribution in [0.2, 0.25) is 0 Å². The lowest BCUT2D eigenvalue weighted by Crippen LogP contribution is -1.90. The molecule has 2 aromatic carbocycles. The summed E-state index contributed by atoms with van der Waals surface area (Å²) in [6, 6.07) is 10.1. The van der Waals surface area contributed by atoms with Gasteiger partial charge in [0, 0.05) is 10.5 Å². The largest absolute Gasteiger partial charge is 0.768 e. The van der Waals surface area contributed by atoms with E-state index in [0.717, 1.165) is 16.7 Å². The van der Waals surface area contributed by atoms with Crippen LogP contribution in [0.3, 0.4) is 0 Å². The second-order valence-electron chi connectivity index (χ2n) is 4.29. The Kier molecular flexibility index (Phi) is 3.50. The molecule has 2 aromatic rings. The molecule has 3 nitrogen and oxygen atoms in total. The molecule has 0 aliphatic rings. The van der Waals surface area contributed by atoms with Crippen molar-refractivity contribution in [1.29, 1.82) is 0 Å². The predicted molar refractivity (Wildman–Crippen MR) is 70.2 cm³/mol. The van der Waals surface area contributed by atoms with Crippen molar-refractivity contribution in [3.05, 3.63) is 47.5 Å². The first-order valence-corrected chi connectivity index (χ1v) is 6.56. The molecule has 0 fully saturated rings. The maximum Gasteiger partial charge on any atom is 0.123 e. The van der Waals surface area contributed by atoms with Crippen molar-refractivity contribution in [1.82, 2.24) is 0 Å². The van der Waals surface area contributed by atoms with Gasteiger partial charge in [0.2, 0.25) is 0 Å². The van der Waals surface area contributed by atoms with Crippen molar-refractivity contribution in [2.24, 2.45) is 0 Å². The predicted octanol–water partition coefficient (Wildman–Crippen LogP) is 2.91. The minimum absolute atomic E-state index is 0.0780. The molecule has 0 saturated carbocycles. The molecule has 94 valence electrons. The average Bonchev–Trinajstić information content (AvgIpc) is 2.27. The van der Waals surface area contributed by atoms with Gasteiger partial charge in [-0.25, -0.2) is 0 Å². The summed E-state index contributed by atoms with van der Waals surface area (Å²) in [4.78, 5) is 0.168. The summed E-state index contributed by atoms with van der Waals surface area (Å²) < 4.78 is 21.9. The first kappa shape index (κ1) is 12.8. The van der Waals surface area contributed by atoms with E-state index in [0.29, 0.717) is 5.56 Å². The highest BCUT2D eigenvalue weighted by Crippen LogP contribution is 2.32. The van der Waals surface area contributed by atoms with E-state index in [2.05, 4.69) is 0 Å². The molecule has 18 heavy (non-hydrogen) atoms. The standard InChI is InChI=1S/C14H14O3S/c1-9-5-10(2)7-11(6-9)13-8-12(18(16)17)3-4-14(13)15/h3-8,15H,1-2H3,(H,16,17)/p-1. The molecule has 0 spiro atoms. The summed E-state index contributed by atoms with van der Waals surface area (Å²) in [6.07, 6.45) is 0. The van der Waals surface area contributed by atoms with Gasteiger partial charge in [-0.3, -0.25) is 4.21 Å². The fraction of sp³-hybridized carbons (Fsp3) is 0.143. The molecular weight excluding hydrogens is 248 g/mol. The lowest BCUT2D eigenvalue weighted by atomic mass is 10.00. The molecule has 1 N–H and O–H groups in total. The number of benzene rings is 2. The first-order chi connectivity index (χ1) is 8.47. The van der Waals surface area contributed by atoms with Gasteiger partial charge < -0.3 is 9.66 Å². The van der Waals surface area contributed by atoms with E-state index >= 15 is 0 Å². The van der Waals surface area contributed by atoms with E-state index < -0.39 is 11.1 Å². The molecule has 0 aromatic heterocycles. The van der Waals surface area contributed by atoms with Crippen LogP contribution in [0.5, 0.6) is 5.75 Å². The molecule has 0 aliphatic carbocycles. The van der Waals surface area contributed by atoms with Crippen LogP contribution in [0.4, 0.5) is 0 Å². The lowest BCUT2D eigenvalue weighted by molar-refractivity contribution is 0.476. The third kappa shape index (κ3) is 2.60. The number of aryl methyl sites for hydroxylation is 2. The third-order valence-electron chi connectivity index (χ3n) is 2.69. The Morgan fingerprint density at radius 2 is 1.67 bits per heavy atom. The summed E-state index contributed by atoms with van der Waals surface area (Å²) in [5, 5.41) is 9.85. The van der Waals surface area contributed by atoms with Crippen LogP contribution in [0.25, 0.3) is 11.1 Å². The van der Waals surface area contributed by atoms with Gasteiger partial charge in [0.25, 0.3) is 0 Å². The number of phenolic OH excluding ortho intramolecular Hbond substituents is 1. The topological polar surface area (TPSA) is 60.4 Å². The highest BCUT2D eigenvalue weighted by Gasteiger charge is 2.07. The lowest BCUT2D eigenvalue weighted by Gasteiger charge is -2.11. The maximum atomic E-state index is 10.9. The Balaban J connectivity index is 2.62. The molecule has 0 saturated heterocycles. The zero-order valence-corrected chi connectivity index (χ0v) is 11.0. The summed E-state index contributed by atoms with van der Waals surface area (Å²) in [5.74, 6) is 0.0780. The van der Waals surface area contributed by atoms with Gasteiger partial charge in [0.05, 0.1) is 0 Å². The van der Waals surface area contributed by atoms with Crippen molar-refractivity contribution < 1.29 is 13.9 Å². The number of aromatic hydroxyl groups is 1. The molecule has 0 amide bonds. The van der Waals surface area contributed by atoms with Gasteiger partial charge in [0.1, 0.15) is 5.75 Å². The second kappa shape index (κ2) is 4.92. The van der Waals surface area contributed by atoms with Gasteiger partial charge in [0.15, 0.2) is 0 Å². The Bertz CT molecular complexity index is 600. The molecule has 1 atom stereocenters. The van der Waals surface area contributed by atoms with E-state index in [9.17, 15) is 13.9 Å². The van der Waals surface area contributed by atoms with Crippen molar-refractivity contribution >= 4 is 11.1 Å². The second-order valence-corrected chi connectivity index (χ2v) is 5.23. The highest BCUT2D eigenvalue weighted by molar-refractivity contribution is 7.79. The van der Waals surface area contributed by atoms with E-state index in [1.165, 1.54) is 18.2 Å². The SMILES string of the molecule is Cc1cc(C)cc(-c2cc(S(=O)[O-])ccc2O)c1. The van der Waals surface area contributed by atoms with Crippen LogP contribution in [0.15, 0.2) is 41.3 Å². The van der Waals surface area contributed by atoms with Gasteiger partial charge in [-0.1, -0.05) is 29.3 Å². The smallest absolute Gasteiger partial charge is 0.123 e.